The summed E-state index contributed by atoms with van der Waals surface area (Å²) in [6.45, 7) is 6.36. The lowest BCUT2D eigenvalue weighted by Crippen LogP contribution is -2.38. The van der Waals surface area contributed by atoms with E-state index in [0.29, 0.717) is 22.7 Å². The molecule has 2 aromatic carbocycles. The van der Waals surface area contributed by atoms with Crippen molar-refractivity contribution in [1.82, 2.24) is 0 Å². The normalized spacial score (nSPS) is 14.1. The lowest BCUT2D eigenvalue weighted by molar-refractivity contribution is -0.136. The minimum Gasteiger partial charge on any atom is -0.481 e. The summed E-state index contributed by atoms with van der Waals surface area (Å²) in [6, 6.07) is 11.7. The zero-order valence-electron chi connectivity index (χ0n) is 16.6. The summed E-state index contributed by atoms with van der Waals surface area (Å²) in [5, 5.41) is 17.1. The van der Waals surface area contributed by atoms with Crippen LogP contribution in [-0.2, 0) is 20.7 Å². The second-order valence-corrected chi connectivity index (χ2v) is 6.88. The largest absolute Gasteiger partial charge is 0.481 e. The Balaban J connectivity index is 0.000000687. The molecule has 2 aromatic rings. The van der Waals surface area contributed by atoms with E-state index in [1.165, 1.54) is 19.9 Å². The second kappa shape index (κ2) is 9.09. The van der Waals surface area contributed by atoms with Gasteiger partial charge in [0.2, 0.25) is 5.79 Å². The van der Waals surface area contributed by atoms with Crippen LogP contribution in [-0.4, -0.2) is 28.6 Å². The number of benzene rings is 2. The molecule has 152 valence electrons. The van der Waals surface area contributed by atoms with E-state index in [9.17, 15) is 14.4 Å². The summed E-state index contributed by atoms with van der Waals surface area (Å²) >= 11 is 0. The van der Waals surface area contributed by atoms with E-state index in [4.69, 9.17) is 14.6 Å². The number of esters is 1. The van der Waals surface area contributed by atoms with Gasteiger partial charge in [-0.25, -0.2) is 4.79 Å². The quantitative estimate of drug-likeness (QED) is 0.594. The standard InChI is InChI=1S/C18H16N2O5.C3H6O/c1-18(2)24-15-8-7-12(10-13(15)17(23)25-18)19-20-14-6-4-3-5-11(14)9-16(21)22;1-3(2)4/h3-8,10H,9H2,1-2H3,(H,21,22);1-2H3. The molecule has 1 aliphatic rings. The Kier molecular flexibility index (Phi) is 6.82. The predicted molar refractivity (Wildman–Crippen MR) is 105 cm³/mol. The average molecular weight is 398 g/mol. The van der Waals surface area contributed by atoms with Crippen molar-refractivity contribution in [2.24, 2.45) is 10.2 Å². The maximum absolute atomic E-state index is 12.1. The second-order valence-electron chi connectivity index (χ2n) is 6.88. The summed E-state index contributed by atoms with van der Waals surface area (Å²) in [5.74, 6) is -1.86. The van der Waals surface area contributed by atoms with Crippen molar-refractivity contribution in [3.8, 4) is 5.75 Å². The minimum absolute atomic E-state index is 0.144. The molecule has 8 nitrogen and oxygen atoms in total. The number of rotatable bonds is 4. The van der Waals surface area contributed by atoms with Crippen LogP contribution in [0.15, 0.2) is 52.7 Å². The first-order chi connectivity index (χ1) is 13.6. The summed E-state index contributed by atoms with van der Waals surface area (Å²) in [7, 11) is 0. The highest BCUT2D eigenvalue weighted by atomic mass is 16.7. The predicted octanol–water partition coefficient (Wildman–Crippen LogP) is 4.61. The maximum Gasteiger partial charge on any atom is 0.345 e. The Labute approximate surface area is 168 Å². The third-order valence-electron chi connectivity index (χ3n) is 3.48. The number of hydrogen-bond donors (Lipinski definition) is 1. The van der Waals surface area contributed by atoms with Gasteiger partial charge in [0.15, 0.2) is 0 Å². The monoisotopic (exact) mass is 398 g/mol. The zero-order chi connectivity index (χ0) is 21.6. The van der Waals surface area contributed by atoms with Crippen LogP contribution in [0.4, 0.5) is 11.4 Å². The first-order valence-electron chi connectivity index (χ1n) is 8.82. The number of carboxylic acid groups (broad SMARTS) is 1. The summed E-state index contributed by atoms with van der Waals surface area (Å²) in [4.78, 5) is 32.4. The highest BCUT2D eigenvalue weighted by Gasteiger charge is 2.33. The van der Waals surface area contributed by atoms with Gasteiger partial charge in [-0.2, -0.15) is 10.2 Å². The van der Waals surface area contributed by atoms with E-state index in [0.717, 1.165) is 0 Å². The molecule has 0 aromatic heterocycles. The van der Waals surface area contributed by atoms with Crippen LogP contribution in [0, 0.1) is 0 Å². The molecule has 0 unspecified atom stereocenters. The lowest BCUT2D eigenvalue weighted by atomic mass is 10.1. The van der Waals surface area contributed by atoms with Crippen molar-refractivity contribution < 1.29 is 29.0 Å². The number of carbonyl (C=O) groups excluding carboxylic acids is 2. The number of Topliss-reactive ketones (excluding diaryl/α,β-unsaturated/α-hetero) is 1. The van der Waals surface area contributed by atoms with Crippen LogP contribution < -0.4 is 4.74 Å². The maximum atomic E-state index is 12.1. The van der Waals surface area contributed by atoms with Gasteiger partial charge < -0.3 is 19.4 Å². The number of ketones is 1. The number of cyclic esters (lactones) is 1. The Morgan fingerprint density at radius 3 is 2.34 bits per heavy atom. The molecule has 1 N–H and O–H groups in total. The molecular weight excluding hydrogens is 376 g/mol. The highest BCUT2D eigenvalue weighted by molar-refractivity contribution is 5.94. The van der Waals surface area contributed by atoms with Crippen LogP contribution in [0.1, 0.15) is 43.6 Å². The van der Waals surface area contributed by atoms with Crippen LogP contribution >= 0.6 is 0 Å². The molecular formula is C21H22N2O6. The van der Waals surface area contributed by atoms with Crippen LogP contribution in [0.25, 0.3) is 0 Å². The van der Waals surface area contributed by atoms with Crippen molar-refractivity contribution in [1.29, 1.82) is 0 Å². The van der Waals surface area contributed by atoms with Gasteiger partial charge in [-0.05, 0) is 43.7 Å². The van der Waals surface area contributed by atoms with Gasteiger partial charge in [0.1, 0.15) is 17.1 Å². The van der Waals surface area contributed by atoms with Gasteiger partial charge in [-0.3, -0.25) is 4.79 Å². The molecule has 0 fully saturated rings. The van der Waals surface area contributed by atoms with Crippen LogP contribution in [0.5, 0.6) is 5.75 Å². The fraction of sp³-hybridized carbons (Fsp3) is 0.286. The van der Waals surface area contributed by atoms with Crippen LogP contribution in [0.3, 0.4) is 0 Å². The lowest BCUT2D eigenvalue weighted by Gasteiger charge is -2.31. The molecule has 0 amide bonds. The van der Waals surface area contributed by atoms with Crippen molar-refractivity contribution in [3.05, 3.63) is 53.6 Å². The SMILES string of the molecule is CC(C)=O.CC1(C)OC(=O)c2cc(N=Nc3ccccc3CC(=O)O)ccc2O1. The molecule has 1 heterocycles. The number of fused-ring (bicyclic) bond motifs is 1. The number of aliphatic carboxylic acids is 1. The number of azo groups is 1. The molecule has 8 heteroatoms. The average Bonchev–Trinajstić information content (AvgIpc) is 2.59. The van der Waals surface area contributed by atoms with E-state index in [-0.39, 0.29) is 17.8 Å². The Morgan fingerprint density at radius 1 is 1.03 bits per heavy atom. The Hall–Kier alpha value is -3.55. The molecule has 0 atom stereocenters. The molecule has 3 rings (SSSR count). The molecule has 0 saturated carbocycles. The van der Waals surface area contributed by atoms with E-state index in [1.54, 1.807) is 50.2 Å². The van der Waals surface area contributed by atoms with Crippen molar-refractivity contribution in [2.75, 3.05) is 0 Å². The van der Waals surface area contributed by atoms with Gasteiger partial charge in [-0.1, -0.05) is 18.2 Å². The number of carbonyl (C=O) groups is 3. The van der Waals surface area contributed by atoms with E-state index < -0.39 is 17.7 Å². The molecule has 0 spiro atoms. The first kappa shape index (κ1) is 21.7. The Morgan fingerprint density at radius 2 is 1.69 bits per heavy atom. The molecule has 29 heavy (non-hydrogen) atoms. The van der Waals surface area contributed by atoms with E-state index in [1.807, 2.05) is 0 Å². The molecule has 0 saturated heterocycles. The van der Waals surface area contributed by atoms with Crippen molar-refractivity contribution in [3.63, 3.8) is 0 Å². The van der Waals surface area contributed by atoms with Gasteiger partial charge in [0.05, 0.1) is 17.8 Å². The van der Waals surface area contributed by atoms with Crippen LogP contribution in [0.2, 0.25) is 0 Å². The highest BCUT2D eigenvalue weighted by Crippen LogP contribution is 2.34. The van der Waals surface area contributed by atoms with E-state index in [2.05, 4.69) is 10.2 Å². The van der Waals surface area contributed by atoms with Crippen molar-refractivity contribution in [2.45, 2.75) is 39.9 Å². The number of hydrogen-bond acceptors (Lipinski definition) is 7. The van der Waals surface area contributed by atoms with Gasteiger partial charge in [0.25, 0.3) is 0 Å². The first-order valence-corrected chi connectivity index (χ1v) is 8.82. The molecule has 1 aliphatic heterocycles. The number of ether oxygens (including phenoxy) is 2. The smallest absolute Gasteiger partial charge is 0.345 e. The van der Waals surface area contributed by atoms with Gasteiger partial charge in [0, 0.05) is 13.8 Å². The molecule has 0 radical (unpaired) electrons. The fourth-order valence-corrected chi connectivity index (χ4v) is 2.42. The van der Waals surface area contributed by atoms with Gasteiger partial charge >= 0.3 is 11.9 Å². The fourth-order valence-electron chi connectivity index (χ4n) is 2.42. The summed E-state index contributed by atoms with van der Waals surface area (Å²) in [6.07, 6.45) is -0.144. The molecule has 0 aliphatic carbocycles. The third kappa shape index (κ3) is 6.53. The Bertz CT molecular complexity index is 961. The molecule has 0 bridgehead atoms. The van der Waals surface area contributed by atoms with Gasteiger partial charge in [-0.15, -0.1) is 0 Å². The third-order valence-corrected chi connectivity index (χ3v) is 3.48. The summed E-state index contributed by atoms with van der Waals surface area (Å²) < 4.78 is 10.8. The van der Waals surface area contributed by atoms with Crippen molar-refractivity contribution >= 4 is 29.1 Å². The topological polar surface area (TPSA) is 115 Å². The van der Waals surface area contributed by atoms with E-state index >= 15 is 0 Å². The minimum atomic E-state index is -1.01. The zero-order valence-corrected chi connectivity index (χ0v) is 16.6. The summed E-state index contributed by atoms with van der Waals surface area (Å²) in [5.41, 5.74) is 1.72. The number of nitrogens with zero attached hydrogens (tertiary/aromatic N) is 2. The number of carboxylic acids is 1.